The molecule has 8 nitrogen and oxygen atoms in total. The molecule has 2 amide bonds. The first-order valence-electron chi connectivity index (χ1n) is 7.30. The van der Waals surface area contributed by atoms with Gasteiger partial charge < -0.3 is 14.6 Å². The number of aromatic hydroxyl groups is 1. The standard InChI is InChI=1S/C17H15FN2O6/c1-25-10-6-7-12(14(21)8-10)17(24)26-9-15(22)19-20-16(23)11-4-2-3-5-13(11)18/h2-8,21H,9H2,1H3,(H,19,22)(H,20,23). The van der Waals surface area contributed by atoms with Gasteiger partial charge in [-0.2, -0.15) is 0 Å². The third-order valence-electron chi connectivity index (χ3n) is 3.19. The number of esters is 1. The van der Waals surface area contributed by atoms with Crippen molar-refractivity contribution >= 4 is 17.8 Å². The van der Waals surface area contributed by atoms with Crippen molar-refractivity contribution in [3.8, 4) is 11.5 Å². The molecule has 0 unspecified atom stereocenters. The monoisotopic (exact) mass is 362 g/mol. The Labute approximate surface area is 147 Å². The van der Waals surface area contributed by atoms with E-state index >= 15 is 0 Å². The predicted molar refractivity (Wildman–Crippen MR) is 87.0 cm³/mol. The van der Waals surface area contributed by atoms with Gasteiger partial charge in [0.2, 0.25) is 0 Å². The Morgan fingerprint density at radius 2 is 1.81 bits per heavy atom. The van der Waals surface area contributed by atoms with Crippen molar-refractivity contribution in [1.29, 1.82) is 0 Å². The summed E-state index contributed by atoms with van der Waals surface area (Å²) >= 11 is 0. The molecule has 9 heteroatoms. The number of ether oxygens (including phenoxy) is 2. The molecule has 26 heavy (non-hydrogen) atoms. The van der Waals surface area contributed by atoms with Crippen LogP contribution in [-0.2, 0) is 9.53 Å². The average Bonchev–Trinajstić information content (AvgIpc) is 2.64. The van der Waals surface area contributed by atoms with E-state index in [1.807, 2.05) is 10.9 Å². The van der Waals surface area contributed by atoms with Crippen LogP contribution >= 0.6 is 0 Å². The van der Waals surface area contributed by atoms with Gasteiger partial charge in [-0.25, -0.2) is 9.18 Å². The zero-order valence-corrected chi connectivity index (χ0v) is 13.6. The van der Waals surface area contributed by atoms with Crippen LogP contribution in [0.15, 0.2) is 42.5 Å². The summed E-state index contributed by atoms with van der Waals surface area (Å²) in [6.45, 7) is -0.720. The molecule has 0 spiro atoms. The summed E-state index contributed by atoms with van der Waals surface area (Å²) < 4.78 is 23.0. The number of carbonyl (C=O) groups excluding carboxylic acids is 3. The SMILES string of the molecule is COc1ccc(C(=O)OCC(=O)NNC(=O)c2ccccc2F)c(O)c1. The van der Waals surface area contributed by atoms with E-state index in [-0.39, 0.29) is 16.9 Å². The second kappa shape index (κ2) is 8.47. The average molecular weight is 362 g/mol. The topological polar surface area (TPSA) is 114 Å². The molecular weight excluding hydrogens is 347 g/mol. The quantitative estimate of drug-likeness (QED) is 0.543. The van der Waals surface area contributed by atoms with Crippen molar-refractivity contribution in [2.24, 2.45) is 0 Å². The van der Waals surface area contributed by atoms with Crippen LogP contribution in [0.25, 0.3) is 0 Å². The molecule has 2 aromatic rings. The van der Waals surface area contributed by atoms with Crippen molar-refractivity contribution in [2.45, 2.75) is 0 Å². The van der Waals surface area contributed by atoms with Crippen LogP contribution in [0.1, 0.15) is 20.7 Å². The molecule has 0 aliphatic heterocycles. The predicted octanol–water partition coefficient (Wildman–Crippen LogP) is 1.16. The van der Waals surface area contributed by atoms with Gasteiger partial charge in [-0.1, -0.05) is 12.1 Å². The van der Waals surface area contributed by atoms with E-state index in [1.54, 1.807) is 0 Å². The fraction of sp³-hybridized carbons (Fsp3) is 0.118. The van der Waals surface area contributed by atoms with Crippen LogP contribution in [-0.4, -0.2) is 36.6 Å². The van der Waals surface area contributed by atoms with Gasteiger partial charge in [0.15, 0.2) is 6.61 Å². The number of hydrogen-bond acceptors (Lipinski definition) is 6. The molecule has 0 aromatic heterocycles. The molecule has 0 fully saturated rings. The number of benzene rings is 2. The largest absolute Gasteiger partial charge is 0.507 e. The van der Waals surface area contributed by atoms with Crippen LogP contribution in [0.5, 0.6) is 11.5 Å². The molecule has 0 atom stereocenters. The summed E-state index contributed by atoms with van der Waals surface area (Å²) in [6, 6.07) is 9.13. The number of nitrogens with one attached hydrogen (secondary N) is 2. The van der Waals surface area contributed by atoms with E-state index in [2.05, 4.69) is 0 Å². The van der Waals surface area contributed by atoms with Crippen LogP contribution in [0.2, 0.25) is 0 Å². The second-order valence-corrected chi connectivity index (χ2v) is 4.94. The first-order chi connectivity index (χ1) is 12.4. The highest BCUT2D eigenvalue weighted by atomic mass is 19.1. The number of phenolic OH excluding ortho intramolecular Hbond substituents is 1. The number of amides is 2. The Kier molecular flexibility index (Phi) is 6.10. The van der Waals surface area contributed by atoms with Gasteiger partial charge in [0, 0.05) is 6.07 Å². The Morgan fingerprint density at radius 3 is 2.46 bits per heavy atom. The zero-order valence-electron chi connectivity index (χ0n) is 13.6. The summed E-state index contributed by atoms with van der Waals surface area (Å²) in [7, 11) is 1.40. The van der Waals surface area contributed by atoms with Gasteiger partial charge in [0.05, 0.1) is 12.7 Å². The molecule has 0 saturated heterocycles. The number of methoxy groups -OCH3 is 1. The molecule has 0 aliphatic rings. The van der Waals surface area contributed by atoms with Gasteiger partial charge in [0.1, 0.15) is 22.9 Å². The minimum atomic E-state index is -0.944. The van der Waals surface area contributed by atoms with Gasteiger partial charge in [0.25, 0.3) is 11.8 Å². The van der Waals surface area contributed by atoms with E-state index in [0.29, 0.717) is 5.75 Å². The third kappa shape index (κ3) is 4.69. The lowest BCUT2D eigenvalue weighted by Crippen LogP contribution is -2.43. The first-order valence-corrected chi connectivity index (χ1v) is 7.30. The molecule has 3 N–H and O–H groups in total. The number of halogens is 1. The first kappa shape index (κ1) is 18.7. The van der Waals surface area contributed by atoms with Crippen molar-refractivity contribution < 1.29 is 33.4 Å². The summed E-state index contributed by atoms with van der Waals surface area (Å²) in [4.78, 5) is 35.2. The summed E-state index contributed by atoms with van der Waals surface area (Å²) in [6.07, 6.45) is 0. The van der Waals surface area contributed by atoms with E-state index in [0.717, 1.165) is 6.07 Å². The third-order valence-corrected chi connectivity index (χ3v) is 3.19. The van der Waals surface area contributed by atoms with E-state index in [4.69, 9.17) is 9.47 Å². The normalized spacial score (nSPS) is 9.92. The molecule has 0 bridgehead atoms. The molecule has 0 saturated carbocycles. The summed E-state index contributed by atoms with van der Waals surface area (Å²) in [5.41, 5.74) is 3.56. The number of phenols is 1. The summed E-state index contributed by atoms with van der Waals surface area (Å²) in [5, 5.41) is 9.71. The highest BCUT2D eigenvalue weighted by Gasteiger charge is 2.16. The number of carbonyl (C=O) groups is 3. The maximum absolute atomic E-state index is 13.4. The fourth-order valence-corrected chi connectivity index (χ4v) is 1.90. The van der Waals surface area contributed by atoms with Crippen molar-refractivity contribution in [3.63, 3.8) is 0 Å². The highest BCUT2D eigenvalue weighted by Crippen LogP contribution is 2.23. The Bertz CT molecular complexity index is 840. The van der Waals surface area contributed by atoms with E-state index < -0.39 is 30.2 Å². The highest BCUT2D eigenvalue weighted by molar-refractivity contribution is 5.96. The van der Waals surface area contributed by atoms with Gasteiger partial charge in [-0.05, 0) is 24.3 Å². The Morgan fingerprint density at radius 1 is 1.08 bits per heavy atom. The minimum Gasteiger partial charge on any atom is -0.507 e. The number of hydrogen-bond donors (Lipinski definition) is 3. The van der Waals surface area contributed by atoms with Gasteiger partial charge in [-0.15, -0.1) is 0 Å². The smallest absolute Gasteiger partial charge is 0.342 e. The van der Waals surface area contributed by atoms with Crippen LogP contribution in [0.4, 0.5) is 4.39 Å². The van der Waals surface area contributed by atoms with E-state index in [1.165, 1.54) is 43.5 Å². The van der Waals surface area contributed by atoms with Crippen molar-refractivity contribution in [2.75, 3.05) is 13.7 Å². The zero-order chi connectivity index (χ0) is 19.1. The number of rotatable bonds is 5. The maximum atomic E-state index is 13.4. The number of hydrazine groups is 1. The van der Waals surface area contributed by atoms with Crippen LogP contribution in [0, 0.1) is 5.82 Å². The molecule has 0 heterocycles. The fourth-order valence-electron chi connectivity index (χ4n) is 1.90. The molecular formula is C17H15FN2O6. The van der Waals surface area contributed by atoms with Crippen LogP contribution in [0.3, 0.4) is 0 Å². The Hall–Kier alpha value is -3.62. The minimum absolute atomic E-state index is 0.158. The van der Waals surface area contributed by atoms with Gasteiger partial charge in [-0.3, -0.25) is 20.4 Å². The van der Waals surface area contributed by atoms with Crippen molar-refractivity contribution in [1.82, 2.24) is 10.9 Å². The summed E-state index contributed by atoms with van der Waals surface area (Å²) in [5.74, 6) is -3.44. The van der Waals surface area contributed by atoms with Gasteiger partial charge >= 0.3 is 5.97 Å². The van der Waals surface area contributed by atoms with E-state index in [9.17, 15) is 23.9 Å². The molecule has 2 rings (SSSR count). The lowest BCUT2D eigenvalue weighted by molar-refractivity contribution is -0.125. The lowest BCUT2D eigenvalue weighted by Gasteiger charge is -2.09. The molecule has 0 radical (unpaired) electrons. The second-order valence-electron chi connectivity index (χ2n) is 4.94. The lowest BCUT2D eigenvalue weighted by atomic mass is 10.2. The molecule has 0 aliphatic carbocycles. The Balaban J connectivity index is 1.84. The molecule has 2 aromatic carbocycles. The van der Waals surface area contributed by atoms with Crippen LogP contribution < -0.4 is 15.6 Å². The molecule has 136 valence electrons. The van der Waals surface area contributed by atoms with Crippen molar-refractivity contribution in [3.05, 3.63) is 59.4 Å². The maximum Gasteiger partial charge on any atom is 0.342 e.